The van der Waals surface area contributed by atoms with Gasteiger partial charge in [0.05, 0.1) is 11.2 Å². The Labute approximate surface area is 120 Å². The number of para-hydroxylation sites is 1. The molecule has 3 nitrogen and oxygen atoms in total. The van der Waals surface area contributed by atoms with Gasteiger partial charge < -0.3 is 10.6 Å². The van der Waals surface area contributed by atoms with Crippen LogP contribution in [-0.4, -0.2) is 18.1 Å². The van der Waals surface area contributed by atoms with Crippen LogP contribution < -0.4 is 10.6 Å². The molecule has 1 aliphatic rings. The van der Waals surface area contributed by atoms with Crippen LogP contribution in [0.2, 0.25) is 0 Å². The predicted octanol–water partition coefficient (Wildman–Crippen LogP) is 3.83. The molecule has 20 heavy (non-hydrogen) atoms. The van der Waals surface area contributed by atoms with Crippen molar-refractivity contribution in [2.24, 2.45) is 5.41 Å². The first-order valence-corrected chi connectivity index (χ1v) is 7.51. The summed E-state index contributed by atoms with van der Waals surface area (Å²) in [6.45, 7) is 6.96. The van der Waals surface area contributed by atoms with Gasteiger partial charge in [-0.3, -0.25) is 4.98 Å². The average Bonchev–Trinajstić information content (AvgIpc) is 2.48. The highest BCUT2D eigenvalue weighted by Gasteiger charge is 2.28. The number of aromatic nitrogens is 1. The van der Waals surface area contributed by atoms with E-state index in [4.69, 9.17) is 5.73 Å². The molecule has 1 aromatic carbocycles. The van der Waals surface area contributed by atoms with Crippen molar-refractivity contribution in [1.29, 1.82) is 0 Å². The first kappa shape index (κ1) is 13.2. The molecule has 2 aromatic rings. The maximum Gasteiger partial charge on any atom is 0.0951 e. The summed E-state index contributed by atoms with van der Waals surface area (Å²) in [5, 5.41) is 1.17. The van der Waals surface area contributed by atoms with Gasteiger partial charge in [0.15, 0.2) is 0 Å². The summed E-state index contributed by atoms with van der Waals surface area (Å²) in [5.41, 5.74) is 9.52. The van der Waals surface area contributed by atoms with Crippen molar-refractivity contribution in [3.63, 3.8) is 0 Å². The molecule has 0 aliphatic carbocycles. The summed E-state index contributed by atoms with van der Waals surface area (Å²) in [5.74, 6) is 0. The molecule has 3 heteroatoms. The summed E-state index contributed by atoms with van der Waals surface area (Å²) in [4.78, 5) is 6.92. The SMILES string of the molecule is CCC1(C)CCN(c2ccnc3c(N)cccc23)CC1. The first-order chi connectivity index (χ1) is 9.63. The Morgan fingerprint density at radius 1 is 1.25 bits per heavy atom. The smallest absolute Gasteiger partial charge is 0.0951 e. The standard InChI is InChI=1S/C17H23N3/c1-3-17(2)8-11-20(12-9-17)15-7-10-19-16-13(15)5-4-6-14(16)18/h4-7,10H,3,8-9,11-12,18H2,1-2H3. The lowest BCUT2D eigenvalue weighted by Gasteiger charge is -2.40. The number of nitrogen functional groups attached to an aromatic ring is 1. The van der Waals surface area contributed by atoms with Gasteiger partial charge in [0.1, 0.15) is 0 Å². The van der Waals surface area contributed by atoms with E-state index in [-0.39, 0.29) is 0 Å². The van der Waals surface area contributed by atoms with E-state index in [1.165, 1.54) is 30.3 Å². The van der Waals surface area contributed by atoms with Crippen LogP contribution in [-0.2, 0) is 0 Å². The van der Waals surface area contributed by atoms with Gasteiger partial charge >= 0.3 is 0 Å². The second-order valence-electron chi connectivity index (χ2n) is 6.22. The second kappa shape index (κ2) is 4.97. The van der Waals surface area contributed by atoms with Crippen LogP contribution in [0.1, 0.15) is 33.1 Å². The molecule has 2 N–H and O–H groups in total. The molecule has 0 spiro atoms. The van der Waals surface area contributed by atoms with Crippen LogP contribution in [0, 0.1) is 5.41 Å². The summed E-state index contributed by atoms with van der Waals surface area (Å²) in [6, 6.07) is 8.18. The number of hydrogen-bond donors (Lipinski definition) is 1. The van der Waals surface area contributed by atoms with E-state index < -0.39 is 0 Å². The number of piperidine rings is 1. The normalized spacial score (nSPS) is 18.4. The molecule has 0 saturated carbocycles. The quantitative estimate of drug-likeness (QED) is 0.842. The first-order valence-electron chi connectivity index (χ1n) is 7.51. The molecular formula is C17H23N3. The minimum absolute atomic E-state index is 0.512. The maximum absolute atomic E-state index is 6.04. The van der Waals surface area contributed by atoms with Crippen molar-refractivity contribution >= 4 is 22.3 Å². The third kappa shape index (κ3) is 2.21. The second-order valence-corrected chi connectivity index (χ2v) is 6.22. The minimum Gasteiger partial charge on any atom is -0.397 e. The van der Waals surface area contributed by atoms with E-state index >= 15 is 0 Å². The minimum atomic E-state index is 0.512. The monoisotopic (exact) mass is 269 g/mol. The summed E-state index contributed by atoms with van der Waals surface area (Å²) in [6.07, 6.45) is 5.66. The molecular weight excluding hydrogens is 246 g/mol. The van der Waals surface area contributed by atoms with Crippen LogP contribution in [0.4, 0.5) is 11.4 Å². The number of hydrogen-bond acceptors (Lipinski definition) is 3. The average molecular weight is 269 g/mol. The topological polar surface area (TPSA) is 42.2 Å². The molecule has 106 valence electrons. The van der Waals surface area contributed by atoms with Crippen LogP contribution in [0.5, 0.6) is 0 Å². The Hall–Kier alpha value is -1.77. The third-order valence-electron chi connectivity index (χ3n) is 4.94. The molecule has 0 atom stereocenters. The number of pyridine rings is 1. The lowest BCUT2D eigenvalue weighted by Crippen LogP contribution is -2.38. The zero-order valence-electron chi connectivity index (χ0n) is 12.4. The molecule has 1 aliphatic heterocycles. The predicted molar refractivity (Wildman–Crippen MR) is 86.0 cm³/mol. The number of nitrogens with two attached hydrogens (primary N) is 1. The van der Waals surface area contributed by atoms with Crippen molar-refractivity contribution in [3.8, 4) is 0 Å². The Morgan fingerprint density at radius 3 is 2.70 bits per heavy atom. The summed E-state index contributed by atoms with van der Waals surface area (Å²) >= 11 is 0. The summed E-state index contributed by atoms with van der Waals surface area (Å²) < 4.78 is 0. The largest absolute Gasteiger partial charge is 0.397 e. The molecule has 3 rings (SSSR count). The summed E-state index contributed by atoms with van der Waals surface area (Å²) in [7, 11) is 0. The van der Waals surface area contributed by atoms with Gasteiger partial charge in [0.2, 0.25) is 0 Å². The molecule has 1 fully saturated rings. The van der Waals surface area contributed by atoms with Crippen LogP contribution >= 0.6 is 0 Å². The molecule has 2 heterocycles. The number of benzene rings is 1. The Bertz CT molecular complexity index is 613. The molecule has 1 aromatic heterocycles. The number of rotatable bonds is 2. The van der Waals surface area contributed by atoms with Crippen LogP contribution in [0.3, 0.4) is 0 Å². The van der Waals surface area contributed by atoms with Gasteiger partial charge in [-0.2, -0.15) is 0 Å². The maximum atomic E-state index is 6.04. The fourth-order valence-electron chi connectivity index (χ4n) is 3.10. The van der Waals surface area contributed by atoms with E-state index in [1.54, 1.807) is 0 Å². The van der Waals surface area contributed by atoms with Crippen LogP contribution in [0.25, 0.3) is 10.9 Å². The molecule has 0 bridgehead atoms. The highest BCUT2D eigenvalue weighted by atomic mass is 15.1. The van der Waals surface area contributed by atoms with Crippen molar-refractivity contribution < 1.29 is 0 Å². The number of fused-ring (bicyclic) bond motifs is 1. The van der Waals surface area contributed by atoms with E-state index in [1.807, 2.05) is 18.3 Å². The van der Waals surface area contributed by atoms with Crippen molar-refractivity contribution in [2.75, 3.05) is 23.7 Å². The molecule has 0 unspecified atom stereocenters. The highest BCUT2D eigenvalue weighted by molar-refractivity contribution is 5.98. The van der Waals surface area contributed by atoms with E-state index in [0.29, 0.717) is 5.41 Å². The van der Waals surface area contributed by atoms with Gasteiger partial charge in [-0.15, -0.1) is 0 Å². The number of nitrogens with zero attached hydrogens (tertiary/aromatic N) is 2. The Kier molecular flexibility index (Phi) is 3.28. The fraction of sp³-hybridized carbons (Fsp3) is 0.471. The van der Waals surface area contributed by atoms with Gasteiger partial charge in [0, 0.05) is 30.4 Å². The van der Waals surface area contributed by atoms with E-state index in [0.717, 1.165) is 24.3 Å². The Balaban J connectivity index is 1.94. The van der Waals surface area contributed by atoms with Gasteiger partial charge in [-0.25, -0.2) is 0 Å². The van der Waals surface area contributed by atoms with Gasteiger partial charge in [0.25, 0.3) is 0 Å². The zero-order valence-corrected chi connectivity index (χ0v) is 12.4. The highest BCUT2D eigenvalue weighted by Crippen LogP contribution is 2.37. The van der Waals surface area contributed by atoms with Gasteiger partial charge in [-0.05, 0) is 30.4 Å². The number of anilines is 2. The van der Waals surface area contributed by atoms with Crippen molar-refractivity contribution in [3.05, 3.63) is 30.5 Å². The third-order valence-corrected chi connectivity index (χ3v) is 4.94. The molecule has 0 amide bonds. The van der Waals surface area contributed by atoms with E-state index in [2.05, 4.69) is 35.9 Å². The fourth-order valence-corrected chi connectivity index (χ4v) is 3.10. The zero-order chi connectivity index (χ0) is 14.2. The molecule has 1 saturated heterocycles. The lowest BCUT2D eigenvalue weighted by molar-refractivity contribution is 0.238. The van der Waals surface area contributed by atoms with E-state index in [9.17, 15) is 0 Å². The van der Waals surface area contributed by atoms with Crippen LogP contribution in [0.15, 0.2) is 30.5 Å². The van der Waals surface area contributed by atoms with Gasteiger partial charge in [-0.1, -0.05) is 32.4 Å². The lowest BCUT2D eigenvalue weighted by atomic mass is 9.78. The molecule has 0 radical (unpaired) electrons. The van der Waals surface area contributed by atoms with Crippen molar-refractivity contribution in [2.45, 2.75) is 33.1 Å². The van der Waals surface area contributed by atoms with Crippen molar-refractivity contribution in [1.82, 2.24) is 4.98 Å². The Morgan fingerprint density at radius 2 is 2.00 bits per heavy atom.